The van der Waals surface area contributed by atoms with E-state index < -0.39 is 24.4 Å². The van der Waals surface area contributed by atoms with E-state index in [4.69, 9.17) is 27.9 Å². The van der Waals surface area contributed by atoms with Crippen LogP contribution >= 0.6 is 23.2 Å². The zero-order valence-corrected chi connectivity index (χ0v) is 20.8. The van der Waals surface area contributed by atoms with Gasteiger partial charge in [0.2, 0.25) is 5.91 Å². The summed E-state index contributed by atoms with van der Waals surface area (Å²) in [5.41, 5.74) is 1.80. The molecule has 3 aromatic rings. The topological polar surface area (TPSA) is 92.8 Å². The van der Waals surface area contributed by atoms with E-state index >= 15 is 0 Å². The second-order valence-corrected chi connectivity index (χ2v) is 9.11. The van der Waals surface area contributed by atoms with Gasteiger partial charge in [-0.1, -0.05) is 53.5 Å². The quantitative estimate of drug-likeness (QED) is 0.252. The second-order valence-electron chi connectivity index (χ2n) is 8.30. The molecule has 9 heteroatoms. The molecular formula is C27H22Cl2N2O5. The fourth-order valence-electron chi connectivity index (χ4n) is 3.89. The molecule has 2 atom stereocenters. The first kappa shape index (κ1) is 25.6. The van der Waals surface area contributed by atoms with Crippen LogP contribution in [0.1, 0.15) is 45.7 Å². The first-order chi connectivity index (χ1) is 17.2. The molecule has 1 N–H and O–H groups in total. The number of anilines is 1. The largest absolute Gasteiger partial charge is 0.454 e. The molecule has 0 aromatic heterocycles. The summed E-state index contributed by atoms with van der Waals surface area (Å²) in [5.74, 6) is -1.84. The lowest BCUT2D eigenvalue weighted by molar-refractivity contribution is -0.121. The molecule has 1 fully saturated rings. The van der Waals surface area contributed by atoms with Crippen LogP contribution in [0.4, 0.5) is 5.69 Å². The standard InChI is InChI=1S/C27H22Cl2N2O5/c1-16(17-5-3-2-4-6-17)30-23-14-25(33)31(26(23)34)20-10-7-18(8-11-20)27(35)36-15-24(32)19-9-12-21(28)22(29)13-19/h2-13,16,23,30H,14-15H2,1H3. The van der Waals surface area contributed by atoms with Crippen LogP contribution in [0.2, 0.25) is 10.0 Å². The van der Waals surface area contributed by atoms with E-state index in [9.17, 15) is 19.2 Å². The van der Waals surface area contributed by atoms with Crippen molar-refractivity contribution in [3.8, 4) is 0 Å². The number of ketones is 1. The van der Waals surface area contributed by atoms with Crippen LogP contribution in [0, 0.1) is 0 Å². The summed E-state index contributed by atoms with van der Waals surface area (Å²) in [7, 11) is 0. The van der Waals surface area contributed by atoms with Crippen molar-refractivity contribution >= 4 is 52.5 Å². The smallest absolute Gasteiger partial charge is 0.338 e. The molecule has 1 aliphatic rings. The number of carbonyl (C=O) groups is 4. The Kier molecular flexibility index (Phi) is 7.84. The Balaban J connectivity index is 1.36. The van der Waals surface area contributed by atoms with Gasteiger partial charge in [0.25, 0.3) is 5.91 Å². The number of ether oxygens (including phenoxy) is 1. The van der Waals surface area contributed by atoms with E-state index in [0.717, 1.165) is 10.5 Å². The third-order valence-electron chi connectivity index (χ3n) is 5.83. The zero-order valence-electron chi connectivity index (χ0n) is 19.2. The highest BCUT2D eigenvalue weighted by Crippen LogP contribution is 2.26. The predicted molar refractivity (Wildman–Crippen MR) is 136 cm³/mol. The van der Waals surface area contributed by atoms with Crippen LogP contribution in [0.5, 0.6) is 0 Å². The zero-order chi connectivity index (χ0) is 25.8. The van der Waals surface area contributed by atoms with Crippen molar-refractivity contribution in [3.63, 3.8) is 0 Å². The molecule has 4 rings (SSSR count). The van der Waals surface area contributed by atoms with Crippen molar-refractivity contribution < 1.29 is 23.9 Å². The van der Waals surface area contributed by atoms with Crippen molar-refractivity contribution in [2.24, 2.45) is 0 Å². The third kappa shape index (κ3) is 5.65. The van der Waals surface area contributed by atoms with Crippen LogP contribution in [-0.2, 0) is 14.3 Å². The van der Waals surface area contributed by atoms with Gasteiger partial charge >= 0.3 is 5.97 Å². The van der Waals surface area contributed by atoms with E-state index in [2.05, 4.69) is 5.32 Å². The molecule has 1 aliphatic heterocycles. The van der Waals surface area contributed by atoms with Gasteiger partial charge in [-0.25, -0.2) is 9.69 Å². The van der Waals surface area contributed by atoms with E-state index in [-0.39, 0.29) is 40.4 Å². The number of nitrogens with one attached hydrogen (secondary N) is 1. The number of halogens is 2. The fourth-order valence-corrected chi connectivity index (χ4v) is 4.19. The monoisotopic (exact) mass is 524 g/mol. The average Bonchev–Trinajstić information content (AvgIpc) is 3.16. The number of Topliss-reactive ketones (excluding diaryl/α,β-unsaturated/α-hetero) is 1. The number of esters is 1. The van der Waals surface area contributed by atoms with Gasteiger partial charge in [-0.15, -0.1) is 0 Å². The van der Waals surface area contributed by atoms with Crippen molar-refractivity contribution in [2.75, 3.05) is 11.5 Å². The number of hydrogen-bond acceptors (Lipinski definition) is 6. The predicted octanol–water partition coefficient (Wildman–Crippen LogP) is 5.02. The Morgan fingerprint density at radius 3 is 2.31 bits per heavy atom. The molecule has 2 amide bonds. The Morgan fingerprint density at radius 1 is 0.972 bits per heavy atom. The Bertz CT molecular complexity index is 1310. The summed E-state index contributed by atoms with van der Waals surface area (Å²) in [6.07, 6.45) is 0.0383. The van der Waals surface area contributed by atoms with Gasteiger partial charge < -0.3 is 4.74 Å². The third-order valence-corrected chi connectivity index (χ3v) is 6.57. The maximum atomic E-state index is 13.0. The number of carbonyl (C=O) groups excluding carboxylic acids is 4. The minimum absolute atomic E-state index is 0.0383. The van der Waals surface area contributed by atoms with Gasteiger partial charge in [0.15, 0.2) is 12.4 Å². The molecule has 184 valence electrons. The maximum absolute atomic E-state index is 13.0. The summed E-state index contributed by atoms with van der Waals surface area (Å²) in [4.78, 5) is 51.3. The van der Waals surface area contributed by atoms with Crippen LogP contribution in [0.3, 0.4) is 0 Å². The summed E-state index contributed by atoms with van der Waals surface area (Å²) in [6.45, 7) is 1.46. The molecule has 7 nitrogen and oxygen atoms in total. The summed E-state index contributed by atoms with van der Waals surface area (Å²) in [6, 6.07) is 19.1. The molecule has 0 spiro atoms. The van der Waals surface area contributed by atoms with Gasteiger partial charge in [0.05, 0.1) is 33.8 Å². The van der Waals surface area contributed by atoms with Crippen molar-refractivity contribution in [2.45, 2.75) is 25.4 Å². The molecule has 3 aromatic carbocycles. The normalized spacial score (nSPS) is 16.2. The maximum Gasteiger partial charge on any atom is 0.338 e. The highest BCUT2D eigenvalue weighted by Gasteiger charge is 2.40. The lowest BCUT2D eigenvalue weighted by Crippen LogP contribution is -2.40. The summed E-state index contributed by atoms with van der Waals surface area (Å²) in [5, 5.41) is 3.76. The Hall–Kier alpha value is -3.52. The molecule has 1 heterocycles. The summed E-state index contributed by atoms with van der Waals surface area (Å²) < 4.78 is 5.10. The number of rotatable bonds is 8. The van der Waals surface area contributed by atoms with Gasteiger partial charge in [0.1, 0.15) is 0 Å². The average molecular weight is 525 g/mol. The van der Waals surface area contributed by atoms with E-state index in [1.54, 1.807) is 0 Å². The number of nitrogens with zero attached hydrogens (tertiary/aromatic N) is 1. The molecule has 1 saturated heterocycles. The van der Waals surface area contributed by atoms with Gasteiger partial charge in [-0.05, 0) is 55.0 Å². The summed E-state index contributed by atoms with van der Waals surface area (Å²) >= 11 is 11.8. The first-order valence-electron chi connectivity index (χ1n) is 11.2. The molecule has 0 bridgehead atoms. The van der Waals surface area contributed by atoms with Crippen LogP contribution in [-0.4, -0.2) is 36.2 Å². The van der Waals surface area contributed by atoms with Crippen molar-refractivity contribution in [3.05, 3.63) is 99.5 Å². The van der Waals surface area contributed by atoms with E-state index in [1.807, 2.05) is 37.3 Å². The molecule has 0 aliphatic carbocycles. The number of amides is 2. The molecule has 2 unspecified atom stereocenters. The molecule has 36 heavy (non-hydrogen) atoms. The number of imide groups is 1. The van der Waals surface area contributed by atoms with E-state index in [1.165, 1.54) is 42.5 Å². The molecule has 0 radical (unpaired) electrons. The fraction of sp³-hybridized carbons (Fsp3) is 0.185. The van der Waals surface area contributed by atoms with E-state index in [0.29, 0.717) is 10.7 Å². The van der Waals surface area contributed by atoms with Crippen LogP contribution < -0.4 is 10.2 Å². The number of benzene rings is 3. The Morgan fingerprint density at radius 2 is 1.64 bits per heavy atom. The van der Waals surface area contributed by atoms with Gasteiger partial charge in [-0.3, -0.25) is 19.7 Å². The van der Waals surface area contributed by atoms with Gasteiger partial charge in [0, 0.05) is 11.6 Å². The minimum Gasteiger partial charge on any atom is -0.454 e. The lowest BCUT2D eigenvalue weighted by atomic mass is 10.1. The minimum atomic E-state index is -0.717. The van der Waals surface area contributed by atoms with Crippen molar-refractivity contribution in [1.82, 2.24) is 5.32 Å². The SMILES string of the molecule is CC(NC1CC(=O)N(c2ccc(C(=O)OCC(=O)c3ccc(Cl)c(Cl)c3)cc2)C1=O)c1ccccc1. The van der Waals surface area contributed by atoms with Crippen LogP contribution in [0.15, 0.2) is 72.8 Å². The lowest BCUT2D eigenvalue weighted by Gasteiger charge is -2.19. The first-order valence-corrected chi connectivity index (χ1v) is 11.9. The second kappa shape index (κ2) is 11.0. The molecular weight excluding hydrogens is 503 g/mol. The number of hydrogen-bond donors (Lipinski definition) is 1. The van der Waals surface area contributed by atoms with Gasteiger partial charge in [-0.2, -0.15) is 0 Å². The molecule has 0 saturated carbocycles. The highest BCUT2D eigenvalue weighted by atomic mass is 35.5. The Labute approximate surface area is 218 Å². The van der Waals surface area contributed by atoms with Crippen LogP contribution in [0.25, 0.3) is 0 Å². The highest BCUT2D eigenvalue weighted by molar-refractivity contribution is 6.42. The van der Waals surface area contributed by atoms with Crippen molar-refractivity contribution in [1.29, 1.82) is 0 Å².